The minimum Gasteiger partial charge on any atom is -0.364 e. The lowest BCUT2D eigenvalue weighted by atomic mass is 10.1. The van der Waals surface area contributed by atoms with Crippen LogP contribution in [0.3, 0.4) is 0 Å². The van der Waals surface area contributed by atoms with Crippen molar-refractivity contribution < 1.29 is 9.59 Å². The van der Waals surface area contributed by atoms with Crippen LogP contribution in [0.15, 0.2) is 35.3 Å². The van der Waals surface area contributed by atoms with Crippen LogP contribution in [0.5, 0.6) is 0 Å². The first-order chi connectivity index (χ1) is 7.52. The summed E-state index contributed by atoms with van der Waals surface area (Å²) in [5.74, 6) is -1.22. The fourth-order valence-corrected chi connectivity index (χ4v) is 1.22. The number of aliphatic imine (C=N–C) groups is 1. The molecule has 0 aliphatic rings. The molecule has 84 valence electrons. The SMILES string of the molecule is CC(C)N=C(C(N)=O)C(=O)c1ccccc1. The van der Waals surface area contributed by atoms with Gasteiger partial charge in [-0.1, -0.05) is 30.3 Å². The number of hydrogen-bond acceptors (Lipinski definition) is 3. The van der Waals surface area contributed by atoms with Crippen LogP contribution in [0, 0.1) is 0 Å². The second-order valence-electron chi connectivity index (χ2n) is 3.63. The molecule has 0 saturated carbocycles. The van der Waals surface area contributed by atoms with E-state index in [2.05, 4.69) is 4.99 Å². The molecule has 0 bridgehead atoms. The van der Waals surface area contributed by atoms with Crippen LogP contribution in [0.2, 0.25) is 0 Å². The number of carbonyl (C=O) groups excluding carboxylic acids is 2. The van der Waals surface area contributed by atoms with Crippen molar-refractivity contribution in [3.8, 4) is 0 Å². The number of amides is 1. The van der Waals surface area contributed by atoms with E-state index in [1.807, 2.05) is 0 Å². The van der Waals surface area contributed by atoms with Gasteiger partial charge in [0.2, 0.25) is 5.78 Å². The zero-order valence-electron chi connectivity index (χ0n) is 9.31. The first kappa shape index (κ1) is 12.1. The summed E-state index contributed by atoms with van der Waals surface area (Å²) in [6, 6.07) is 8.35. The Morgan fingerprint density at radius 3 is 2.19 bits per heavy atom. The number of Topliss-reactive ketones (excluding diaryl/α,β-unsaturated/α-hetero) is 1. The molecule has 0 aromatic heterocycles. The molecule has 1 amide bonds. The largest absolute Gasteiger partial charge is 0.364 e. The Hall–Kier alpha value is -1.97. The molecule has 0 fully saturated rings. The van der Waals surface area contributed by atoms with Gasteiger partial charge in [-0.3, -0.25) is 14.6 Å². The van der Waals surface area contributed by atoms with Gasteiger partial charge >= 0.3 is 0 Å². The van der Waals surface area contributed by atoms with Crippen molar-refractivity contribution >= 4 is 17.4 Å². The molecule has 2 N–H and O–H groups in total. The molecule has 0 heterocycles. The van der Waals surface area contributed by atoms with Crippen LogP contribution >= 0.6 is 0 Å². The van der Waals surface area contributed by atoms with Gasteiger partial charge < -0.3 is 5.73 Å². The van der Waals surface area contributed by atoms with E-state index >= 15 is 0 Å². The quantitative estimate of drug-likeness (QED) is 0.468. The average molecular weight is 218 g/mol. The maximum atomic E-state index is 11.9. The van der Waals surface area contributed by atoms with Crippen molar-refractivity contribution in [2.24, 2.45) is 10.7 Å². The number of rotatable bonds is 4. The Bertz CT molecular complexity index is 422. The van der Waals surface area contributed by atoms with Crippen molar-refractivity contribution in [1.29, 1.82) is 0 Å². The van der Waals surface area contributed by atoms with Crippen LogP contribution in [0.25, 0.3) is 0 Å². The standard InChI is InChI=1S/C12H14N2O2/c1-8(2)14-10(12(13)16)11(15)9-6-4-3-5-7-9/h3-8H,1-2H3,(H2,13,16). The average Bonchev–Trinajstić information content (AvgIpc) is 2.25. The molecule has 1 rings (SSSR count). The predicted octanol–water partition coefficient (Wildman–Crippen LogP) is 1.20. The highest BCUT2D eigenvalue weighted by molar-refractivity contribution is 6.68. The Labute approximate surface area is 94.2 Å². The molecule has 0 unspecified atom stereocenters. The second-order valence-corrected chi connectivity index (χ2v) is 3.63. The zero-order valence-corrected chi connectivity index (χ0v) is 9.31. The molecule has 0 atom stereocenters. The summed E-state index contributed by atoms with van der Waals surface area (Å²) in [6.45, 7) is 3.56. The third kappa shape index (κ3) is 3.02. The molecule has 0 saturated heterocycles. The topological polar surface area (TPSA) is 72.5 Å². The first-order valence-electron chi connectivity index (χ1n) is 4.99. The highest BCUT2D eigenvalue weighted by Gasteiger charge is 2.19. The van der Waals surface area contributed by atoms with Crippen LogP contribution in [0.4, 0.5) is 0 Å². The summed E-state index contributed by atoms with van der Waals surface area (Å²) in [5.41, 5.74) is 5.36. The number of benzene rings is 1. The van der Waals surface area contributed by atoms with Gasteiger partial charge in [0, 0.05) is 11.6 Å². The predicted molar refractivity (Wildman–Crippen MR) is 62.5 cm³/mol. The molecule has 0 radical (unpaired) electrons. The van der Waals surface area contributed by atoms with Gasteiger partial charge in [0.15, 0.2) is 5.71 Å². The van der Waals surface area contributed by atoms with E-state index in [1.165, 1.54) is 0 Å². The Morgan fingerprint density at radius 1 is 1.19 bits per heavy atom. The van der Waals surface area contributed by atoms with E-state index in [4.69, 9.17) is 5.73 Å². The van der Waals surface area contributed by atoms with Gasteiger partial charge in [0.05, 0.1) is 0 Å². The number of hydrogen-bond donors (Lipinski definition) is 1. The molecule has 0 aliphatic carbocycles. The van der Waals surface area contributed by atoms with Crippen LogP contribution in [-0.4, -0.2) is 23.4 Å². The molecule has 0 aliphatic heterocycles. The van der Waals surface area contributed by atoms with Gasteiger partial charge in [-0.2, -0.15) is 0 Å². The smallest absolute Gasteiger partial charge is 0.270 e. The van der Waals surface area contributed by atoms with E-state index in [1.54, 1.807) is 44.2 Å². The van der Waals surface area contributed by atoms with Crippen molar-refractivity contribution in [2.75, 3.05) is 0 Å². The number of primary amides is 1. The molecule has 4 nitrogen and oxygen atoms in total. The fraction of sp³-hybridized carbons (Fsp3) is 0.250. The van der Waals surface area contributed by atoms with Crippen molar-refractivity contribution in [3.05, 3.63) is 35.9 Å². The highest BCUT2D eigenvalue weighted by atomic mass is 16.2. The number of carbonyl (C=O) groups is 2. The van der Waals surface area contributed by atoms with Crippen LogP contribution in [-0.2, 0) is 4.79 Å². The summed E-state index contributed by atoms with van der Waals surface area (Å²) >= 11 is 0. The molecule has 16 heavy (non-hydrogen) atoms. The summed E-state index contributed by atoms with van der Waals surface area (Å²) in [5, 5.41) is 0. The molecular formula is C12H14N2O2. The van der Waals surface area contributed by atoms with Crippen molar-refractivity contribution in [1.82, 2.24) is 0 Å². The second kappa shape index (κ2) is 5.21. The summed E-state index contributed by atoms with van der Waals surface area (Å²) in [6.07, 6.45) is 0. The van der Waals surface area contributed by atoms with E-state index in [0.29, 0.717) is 5.56 Å². The molecule has 0 spiro atoms. The Balaban J connectivity index is 3.07. The van der Waals surface area contributed by atoms with Crippen molar-refractivity contribution in [3.63, 3.8) is 0 Å². The molecule has 4 heteroatoms. The lowest BCUT2D eigenvalue weighted by Crippen LogP contribution is -2.31. The molecule has 1 aromatic rings. The van der Waals surface area contributed by atoms with E-state index in [9.17, 15) is 9.59 Å². The Morgan fingerprint density at radius 2 is 1.75 bits per heavy atom. The summed E-state index contributed by atoms with van der Waals surface area (Å²) in [7, 11) is 0. The Kier molecular flexibility index (Phi) is 3.94. The highest BCUT2D eigenvalue weighted by Crippen LogP contribution is 2.03. The van der Waals surface area contributed by atoms with Crippen LogP contribution in [0.1, 0.15) is 24.2 Å². The van der Waals surface area contributed by atoms with E-state index in [-0.39, 0.29) is 11.8 Å². The lowest BCUT2D eigenvalue weighted by Gasteiger charge is -2.04. The minimum absolute atomic E-state index is 0.143. The first-order valence-corrected chi connectivity index (χ1v) is 4.99. The third-order valence-corrected chi connectivity index (χ3v) is 1.87. The summed E-state index contributed by atoms with van der Waals surface area (Å²) in [4.78, 5) is 27.0. The third-order valence-electron chi connectivity index (χ3n) is 1.87. The minimum atomic E-state index is -0.789. The number of nitrogens with two attached hydrogens (primary N) is 1. The maximum absolute atomic E-state index is 11.9. The monoisotopic (exact) mass is 218 g/mol. The van der Waals surface area contributed by atoms with Crippen LogP contribution < -0.4 is 5.73 Å². The lowest BCUT2D eigenvalue weighted by molar-refractivity contribution is -0.111. The van der Waals surface area contributed by atoms with Gasteiger partial charge in [0.1, 0.15) is 0 Å². The van der Waals surface area contributed by atoms with Gasteiger partial charge in [-0.15, -0.1) is 0 Å². The molecule has 1 aromatic carbocycles. The van der Waals surface area contributed by atoms with Crippen molar-refractivity contribution in [2.45, 2.75) is 19.9 Å². The molecular weight excluding hydrogens is 204 g/mol. The number of nitrogens with zero attached hydrogens (tertiary/aromatic N) is 1. The van der Waals surface area contributed by atoms with Gasteiger partial charge in [0.25, 0.3) is 5.91 Å². The zero-order chi connectivity index (χ0) is 12.1. The van der Waals surface area contributed by atoms with E-state index in [0.717, 1.165) is 0 Å². The summed E-state index contributed by atoms with van der Waals surface area (Å²) < 4.78 is 0. The van der Waals surface area contributed by atoms with E-state index < -0.39 is 11.7 Å². The number of ketones is 1. The van der Waals surface area contributed by atoms with Gasteiger partial charge in [-0.05, 0) is 13.8 Å². The van der Waals surface area contributed by atoms with Gasteiger partial charge in [-0.25, -0.2) is 0 Å². The maximum Gasteiger partial charge on any atom is 0.270 e. The fourth-order valence-electron chi connectivity index (χ4n) is 1.22. The normalized spacial score (nSPS) is 11.6.